The Morgan fingerprint density at radius 1 is 1.33 bits per heavy atom. The van der Waals surface area contributed by atoms with E-state index in [1.165, 1.54) is 18.2 Å². The van der Waals surface area contributed by atoms with Gasteiger partial charge < -0.3 is 15.0 Å². The molecule has 0 amide bonds. The van der Waals surface area contributed by atoms with E-state index < -0.39 is 0 Å². The van der Waals surface area contributed by atoms with Gasteiger partial charge in [-0.2, -0.15) is 0 Å². The standard InChI is InChI=1S/C19H29N3O2/c1-5-20-19(21-11-10-16-8-6-14(2)7-9-16)22-12-15(3)17(13-22)18(23)24-4/h6-9,15,17H,5,10-13H2,1-4H3,(H,20,21). The molecule has 1 aromatic rings. The van der Waals surface area contributed by atoms with Crippen LogP contribution in [0.4, 0.5) is 0 Å². The molecule has 1 fully saturated rings. The van der Waals surface area contributed by atoms with Crippen molar-refractivity contribution in [1.82, 2.24) is 10.2 Å². The van der Waals surface area contributed by atoms with Crippen LogP contribution in [0.5, 0.6) is 0 Å². The zero-order valence-corrected chi connectivity index (χ0v) is 15.2. The number of esters is 1. The first-order chi connectivity index (χ1) is 11.5. The quantitative estimate of drug-likeness (QED) is 0.511. The first-order valence-electron chi connectivity index (χ1n) is 8.71. The Hall–Kier alpha value is -2.04. The molecule has 24 heavy (non-hydrogen) atoms. The fourth-order valence-corrected chi connectivity index (χ4v) is 3.07. The summed E-state index contributed by atoms with van der Waals surface area (Å²) in [6.07, 6.45) is 0.916. The largest absolute Gasteiger partial charge is 0.469 e. The van der Waals surface area contributed by atoms with Gasteiger partial charge in [-0.05, 0) is 31.7 Å². The summed E-state index contributed by atoms with van der Waals surface area (Å²) in [6.45, 7) is 9.30. The number of aryl methyl sites for hydroxylation is 1. The van der Waals surface area contributed by atoms with Crippen LogP contribution in [-0.4, -0.2) is 50.1 Å². The number of carbonyl (C=O) groups is 1. The minimum absolute atomic E-state index is 0.0732. The minimum Gasteiger partial charge on any atom is -0.469 e. The maximum absolute atomic E-state index is 11.9. The lowest BCUT2D eigenvalue weighted by molar-refractivity contribution is -0.145. The SMILES string of the molecule is CCNC(=NCCc1ccc(C)cc1)N1CC(C)C(C(=O)OC)C1. The van der Waals surface area contributed by atoms with Gasteiger partial charge in [-0.3, -0.25) is 9.79 Å². The lowest BCUT2D eigenvalue weighted by atomic mass is 9.99. The lowest BCUT2D eigenvalue weighted by Crippen LogP contribution is -2.40. The number of methoxy groups -OCH3 is 1. The Labute approximate surface area is 145 Å². The molecular weight excluding hydrogens is 302 g/mol. The van der Waals surface area contributed by atoms with Gasteiger partial charge in [0.15, 0.2) is 5.96 Å². The van der Waals surface area contributed by atoms with E-state index in [9.17, 15) is 4.79 Å². The molecule has 1 aliphatic rings. The van der Waals surface area contributed by atoms with Crippen molar-refractivity contribution < 1.29 is 9.53 Å². The molecule has 1 saturated heterocycles. The predicted molar refractivity (Wildman–Crippen MR) is 97.1 cm³/mol. The van der Waals surface area contributed by atoms with E-state index in [4.69, 9.17) is 9.73 Å². The molecule has 0 spiro atoms. The van der Waals surface area contributed by atoms with Gasteiger partial charge in [-0.1, -0.05) is 36.8 Å². The molecular formula is C19H29N3O2. The summed E-state index contributed by atoms with van der Waals surface area (Å²) in [5, 5.41) is 3.34. The van der Waals surface area contributed by atoms with Crippen molar-refractivity contribution in [2.24, 2.45) is 16.8 Å². The molecule has 2 unspecified atom stereocenters. The summed E-state index contributed by atoms with van der Waals surface area (Å²) in [5.74, 6) is 0.970. The number of carbonyl (C=O) groups excluding carboxylic acids is 1. The monoisotopic (exact) mass is 331 g/mol. The maximum atomic E-state index is 11.9. The topological polar surface area (TPSA) is 53.9 Å². The highest BCUT2D eigenvalue weighted by Crippen LogP contribution is 2.24. The van der Waals surface area contributed by atoms with E-state index in [1.807, 2.05) is 0 Å². The first-order valence-corrected chi connectivity index (χ1v) is 8.71. The maximum Gasteiger partial charge on any atom is 0.310 e. The van der Waals surface area contributed by atoms with Crippen molar-refractivity contribution in [3.63, 3.8) is 0 Å². The van der Waals surface area contributed by atoms with Crippen LogP contribution in [0.25, 0.3) is 0 Å². The van der Waals surface area contributed by atoms with Crippen molar-refractivity contribution in [1.29, 1.82) is 0 Å². The Balaban J connectivity index is 1.98. The van der Waals surface area contributed by atoms with Crippen LogP contribution in [0.2, 0.25) is 0 Å². The molecule has 1 aliphatic heterocycles. The molecule has 0 aliphatic carbocycles. The molecule has 5 nitrogen and oxygen atoms in total. The zero-order valence-electron chi connectivity index (χ0n) is 15.2. The molecule has 0 saturated carbocycles. The zero-order chi connectivity index (χ0) is 17.5. The van der Waals surface area contributed by atoms with Gasteiger partial charge in [-0.15, -0.1) is 0 Å². The van der Waals surface area contributed by atoms with Crippen molar-refractivity contribution in [2.45, 2.75) is 27.2 Å². The molecule has 2 atom stereocenters. The van der Waals surface area contributed by atoms with E-state index in [-0.39, 0.29) is 17.8 Å². The summed E-state index contributed by atoms with van der Waals surface area (Å²) in [4.78, 5) is 18.8. The van der Waals surface area contributed by atoms with Gasteiger partial charge in [0.05, 0.1) is 13.0 Å². The fourth-order valence-electron chi connectivity index (χ4n) is 3.07. The van der Waals surface area contributed by atoms with Crippen LogP contribution in [-0.2, 0) is 16.0 Å². The molecule has 0 aromatic heterocycles. The van der Waals surface area contributed by atoms with Crippen LogP contribution in [0.1, 0.15) is 25.0 Å². The second-order valence-corrected chi connectivity index (χ2v) is 6.48. The van der Waals surface area contributed by atoms with Crippen molar-refractivity contribution in [3.8, 4) is 0 Å². The highest BCUT2D eigenvalue weighted by atomic mass is 16.5. The number of rotatable bonds is 5. The van der Waals surface area contributed by atoms with Crippen LogP contribution >= 0.6 is 0 Å². The smallest absolute Gasteiger partial charge is 0.310 e. The predicted octanol–water partition coefficient (Wildman–Crippen LogP) is 2.24. The van der Waals surface area contributed by atoms with Crippen LogP contribution in [0.3, 0.4) is 0 Å². The molecule has 1 N–H and O–H groups in total. The average molecular weight is 331 g/mol. The highest BCUT2D eigenvalue weighted by molar-refractivity contribution is 5.82. The van der Waals surface area contributed by atoms with Gasteiger partial charge in [0.2, 0.25) is 0 Å². The molecule has 0 bridgehead atoms. The molecule has 1 aromatic carbocycles. The number of nitrogens with one attached hydrogen (secondary N) is 1. The molecule has 2 rings (SSSR count). The summed E-state index contributed by atoms with van der Waals surface area (Å²) < 4.78 is 4.92. The minimum atomic E-state index is -0.125. The lowest BCUT2D eigenvalue weighted by Gasteiger charge is -2.21. The Morgan fingerprint density at radius 2 is 2.04 bits per heavy atom. The van der Waals surface area contributed by atoms with Gasteiger partial charge in [0.1, 0.15) is 0 Å². The number of likely N-dealkylation sites (tertiary alicyclic amines) is 1. The summed E-state index contributed by atoms with van der Waals surface area (Å²) >= 11 is 0. The summed E-state index contributed by atoms with van der Waals surface area (Å²) in [5.41, 5.74) is 2.57. The first kappa shape index (κ1) is 18.3. The van der Waals surface area contributed by atoms with Gasteiger partial charge >= 0.3 is 5.97 Å². The average Bonchev–Trinajstić information content (AvgIpc) is 2.97. The molecule has 1 heterocycles. The van der Waals surface area contributed by atoms with Crippen molar-refractivity contribution in [3.05, 3.63) is 35.4 Å². The summed E-state index contributed by atoms with van der Waals surface area (Å²) in [7, 11) is 1.46. The molecule has 132 valence electrons. The van der Waals surface area contributed by atoms with Crippen molar-refractivity contribution >= 4 is 11.9 Å². The summed E-state index contributed by atoms with van der Waals surface area (Å²) in [6, 6.07) is 8.58. The van der Waals surface area contributed by atoms with E-state index in [0.717, 1.165) is 32.0 Å². The third-order valence-electron chi connectivity index (χ3n) is 4.53. The Bertz CT molecular complexity index is 568. The van der Waals surface area contributed by atoms with Crippen LogP contribution < -0.4 is 5.32 Å². The highest BCUT2D eigenvalue weighted by Gasteiger charge is 2.36. The second kappa shape index (κ2) is 8.71. The van der Waals surface area contributed by atoms with Gasteiger partial charge in [0, 0.05) is 26.2 Å². The number of ether oxygens (including phenoxy) is 1. The third-order valence-corrected chi connectivity index (χ3v) is 4.53. The number of benzene rings is 1. The van der Waals surface area contributed by atoms with Gasteiger partial charge in [-0.25, -0.2) is 0 Å². The fraction of sp³-hybridized carbons (Fsp3) is 0.579. The molecule has 0 radical (unpaired) electrons. The van der Waals surface area contributed by atoms with Crippen LogP contribution in [0.15, 0.2) is 29.3 Å². The van der Waals surface area contributed by atoms with E-state index in [1.54, 1.807) is 0 Å². The van der Waals surface area contributed by atoms with Crippen molar-refractivity contribution in [2.75, 3.05) is 33.3 Å². The number of nitrogens with zero attached hydrogens (tertiary/aromatic N) is 2. The van der Waals surface area contributed by atoms with Crippen LogP contribution in [0, 0.1) is 18.8 Å². The number of guanidine groups is 1. The third kappa shape index (κ3) is 4.73. The van der Waals surface area contributed by atoms with Gasteiger partial charge in [0.25, 0.3) is 0 Å². The molecule has 5 heteroatoms. The number of hydrogen-bond donors (Lipinski definition) is 1. The van der Waals surface area contributed by atoms with E-state index in [2.05, 4.69) is 55.3 Å². The number of aliphatic imine (C=N–C) groups is 1. The Kier molecular flexibility index (Phi) is 6.64. The number of hydrogen-bond acceptors (Lipinski definition) is 3. The second-order valence-electron chi connectivity index (χ2n) is 6.48. The van der Waals surface area contributed by atoms with E-state index >= 15 is 0 Å². The Morgan fingerprint density at radius 3 is 2.67 bits per heavy atom. The van der Waals surface area contributed by atoms with E-state index in [0.29, 0.717) is 6.54 Å². The normalized spacial score (nSPS) is 21.0.